The first-order valence-electron chi connectivity index (χ1n) is 6.57. The Bertz CT molecular complexity index is 401. The standard InChI is InChI=1S/C15H21N3/c1-17-10-8-14(9-11-17)18(2)15(12-16)13-6-4-3-5-7-13/h3-7,14-15H,8-11H2,1-2H3. The van der Waals surface area contributed by atoms with Crippen LogP contribution in [0.3, 0.4) is 0 Å². The third kappa shape index (κ3) is 2.90. The SMILES string of the molecule is CN1CCC(N(C)C(C#N)c2ccccc2)CC1. The van der Waals surface area contributed by atoms with E-state index in [0.29, 0.717) is 6.04 Å². The van der Waals surface area contributed by atoms with Gasteiger partial charge in [0.15, 0.2) is 0 Å². The van der Waals surface area contributed by atoms with Crippen molar-refractivity contribution in [3.05, 3.63) is 35.9 Å². The van der Waals surface area contributed by atoms with Crippen molar-refractivity contribution in [2.75, 3.05) is 27.2 Å². The van der Waals surface area contributed by atoms with Gasteiger partial charge in [0.25, 0.3) is 0 Å². The Kier molecular flexibility index (Phi) is 4.35. The van der Waals surface area contributed by atoms with Gasteiger partial charge >= 0.3 is 0 Å². The van der Waals surface area contributed by atoms with E-state index in [9.17, 15) is 5.26 Å². The van der Waals surface area contributed by atoms with E-state index in [1.54, 1.807) is 0 Å². The Morgan fingerprint density at radius 1 is 1.28 bits per heavy atom. The van der Waals surface area contributed by atoms with Crippen LogP contribution in [0.5, 0.6) is 0 Å². The van der Waals surface area contributed by atoms with Crippen LogP contribution in [0, 0.1) is 11.3 Å². The Morgan fingerprint density at radius 2 is 1.89 bits per heavy atom. The average molecular weight is 243 g/mol. The maximum atomic E-state index is 9.43. The van der Waals surface area contributed by atoms with Crippen molar-refractivity contribution < 1.29 is 0 Å². The van der Waals surface area contributed by atoms with Gasteiger partial charge in [-0.2, -0.15) is 5.26 Å². The minimum Gasteiger partial charge on any atom is -0.306 e. The molecule has 1 heterocycles. The molecule has 3 heteroatoms. The molecule has 0 bridgehead atoms. The highest BCUT2D eigenvalue weighted by Gasteiger charge is 2.26. The molecule has 0 aromatic heterocycles. The van der Waals surface area contributed by atoms with Crippen molar-refractivity contribution in [1.82, 2.24) is 9.80 Å². The topological polar surface area (TPSA) is 30.3 Å². The molecule has 1 saturated heterocycles. The Labute approximate surface area is 110 Å². The van der Waals surface area contributed by atoms with Crippen molar-refractivity contribution in [3.63, 3.8) is 0 Å². The van der Waals surface area contributed by atoms with Gasteiger partial charge in [0, 0.05) is 6.04 Å². The fourth-order valence-electron chi connectivity index (χ4n) is 2.65. The minimum absolute atomic E-state index is 0.125. The van der Waals surface area contributed by atoms with Crippen LogP contribution in [0.4, 0.5) is 0 Å². The van der Waals surface area contributed by atoms with E-state index in [2.05, 4.69) is 30.0 Å². The lowest BCUT2D eigenvalue weighted by atomic mass is 9.99. The summed E-state index contributed by atoms with van der Waals surface area (Å²) in [5.74, 6) is 0. The third-order valence-electron chi connectivity index (χ3n) is 3.91. The molecule has 1 aliphatic rings. The van der Waals surface area contributed by atoms with Crippen LogP contribution in [-0.2, 0) is 0 Å². The summed E-state index contributed by atoms with van der Waals surface area (Å²) in [4.78, 5) is 4.59. The second-order valence-corrected chi connectivity index (χ2v) is 5.14. The second kappa shape index (κ2) is 5.99. The highest BCUT2D eigenvalue weighted by molar-refractivity contribution is 5.24. The largest absolute Gasteiger partial charge is 0.306 e. The van der Waals surface area contributed by atoms with E-state index >= 15 is 0 Å². The van der Waals surface area contributed by atoms with Gasteiger partial charge in [-0.25, -0.2) is 0 Å². The highest BCUT2D eigenvalue weighted by Crippen LogP contribution is 2.25. The minimum atomic E-state index is -0.125. The first-order valence-corrected chi connectivity index (χ1v) is 6.57. The maximum absolute atomic E-state index is 9.43. The molecule has 0 spiro atoms. The quantitative estimate of drug-likeness (QED) is 0.816. The number of nitrogens with zero attached hydrogens (tertiary/aromatic N) is 3. The van der Waals surface area contributed by atoms with Gasteiger partial charge in [-0.1, -0.05) is 30.3 Å². The summed E-state index contributed by atoms with van der Waals surface area (Å²) in [6.07, 6.45) is 2.30. The molecular formula is C15H21N3. The van der Waals surface area contributed by atoms with Crippen molar-refractivity contribution in [1.29, 1.82) is 5.26 Å². The summed E-state index contributed by atoms with van der Waals surface area (Å²) < 4.78 is 0. The predicted octanol–water partition coefficient (Wildman–Crippen LogP) is 2.28. The van der Waals surface area contributed by atoms with Crippen LogP contribution >= 0.6 is 0 Å². The fourth-order valence-corrected chi connectivity index (χ4v) is 2.65. The number of nitriles is 1. The molecule has 96 valence electrons. The fraction of sp³-hybridized carbons (Fsp3) is 0.533. The van der Waals surface area contributed by atoms with E-state index in [1.807, 2.05) is 30.3 Å². The Morgan fingerprint density at radius 3 is 2.44 bits per heavy atom. The molecule has 0 amide bonds. The number of piperidine rings is 1. The second-order valence-electron chi connectivity index (χ2n) is 5.14. The number of rotatable bonds is 3. The van der Waals surface area contributed by atoms with Crippen LogP contribution in [0.15, 0.2) is 30.3 Å². The smallest absolute Gasteiger partial charge is 0.123 e. The van der Waals surface area contributed by atoms with Crippen LogP contribution in [-0.4, -0.2) is 43.0 Å². The lowest BCUT2D eigenvalue weighted by Crippen LogP contribution is -2.43. The van der Waals surface area contributed by atoms with E-state index in [0.717, 1.165) is 31.5 Å². The molecule has 1 aliphatic heterocycles. The molecule has 18 heavy (non-hydrogen) atoms. The molecule has 0 N–H and O–H groups in total. The molecular weight excluding hydrogens is 222 g/mol. The lowest BCUT2D eigenvalue weighted by Gasteiger charge is -2.37. The monoisotopic (exact) mass is 243 g/mol. The van der Waals surface area contributed by atoms with Gasteiger partial charge in [-0.05, 0) is 45.6 Å². The van der Waals surface area contributed by atoms with Gasteiger partial charge in [-0.15, -0.1) is 0 Å². The lowest BCUT2D eigenvalue weighted by molar-refractivity contribution is 0.126. The van der Waals surface area contributed by atoms with Crippen LogP contribution < -0.4 is 0 Å². The predicted molar refractivity (Wildman–Crippen MR) is 73.1 cm³/mol. The summed E-state index contributed by atoms with van der Waals surface area (Å²) in [7, 11) is 4.24. The van der Waals surface area contributed by atoms with Crippen LogP contribution in [0.25, 0.3) is 0 Å². The normalized spacial score (nSPS) is 19.7. The zero-order chi connectivity index (χ0) is 13.0. The van der Waals surface area contributed by atoms with E-state index in [4.69, 9.17) is 0 Å². The molecule has 1 fully saturated rings. The van der Waals surface area contributed by atoms with E-state index < -0.39 is 0 Å². The van der Waals surface area contributed by atoms with Gasteiger partial charge in [0.2, 0.25) is 0 Å². The average Bonchev–Trinajstić information content (AvgIpc) is 2.41. The van der Waals surface area contributed by atoms with E-state index in [-0.39, 0.29) is 6.04 Å². The van der Waals surface area contributed by atoms with Crippen molar-refractivity contribution >= 4 is 0 Å². The van der Waals surface area contributed by atoms with Gasteiger partial charge in [0.1, 0.15) is 6.04 Å². The maximum Gasteiger partial charge on any atom is 0.123 e. The van der Waals surface area contributed by atoms with E-state index in [1.165, 1.54) is 0 Å². The molecule has 0 radical (unpaired) electrons. The molecule has 0 aliphatic carbocycles. The van der Waals surface area contributed by atoms with Crippen molar-refractivity contribution in [2.24, 2.45) is 0 Å². The van der Waals surface area contributed by atoms with Gasteiger partial charge < -0.3 is 4.90 Å². The van der Waals surface area contributed by atoms with Crippen molar-refractivity contribution in [2.45, 2.75) is 24.9 Å². The summed E-state index contributed by atoms with van der Waals surface area (Å²) in [6.45, 7) is 2.25. The van der Waals surface area contributed by atoms with Crippen LogP contribution in [0.1, 0.15) is 24.4 Å². The molecule has 2 rings (SSSR count). The summed E-state index contributed by atoms with van der Waals surface area (Å²) >= 11 is 0. The van der Waals surface area contributed by atoms with Gasteiger partial charge in [-0.3, -0.25) is 4.90 Å². The Balaban J connectivity index is 2.07. The molecule has 1 aromatic rings. The highest BCUT2D eigenvalue weighted by atomic mass is 15.2. The molecule has 3 nitrogen and oxygen atoms in total. The molecule has 1 unspecified atom stereocenters. The summed E-state index contributed by atoms with van der Waals surface area (Å²) in [6, 6.07) is 12.9. The summed E-state index contributed by atoms with van der Waals surface area (Å²) in [5, 5.41) is 9.43. The number of likely N-dealkylation sites (tertiary alicyclic amines) is 1. The van der Waals surface area contributed by atoms with Crippen molar-refractivity contribution in [3.8, 4) is 6.07 Å². The zero-order valence-corrected chi connectivity index (χ0v) is 11.2. The molecule has 0 saturated carbocycles. The third-order valence-corrected chi connectivity index (χ3v) is 3.91. The van der Waals surface area contributed by atoms with Gasteiger partial charge in [0.05, 0.1) is 6.07 Å². The molecule has 1 aromatic carbocycles. The number of hydrogen-bond donors (Lipinski definition) is 0. The Hall–Kier alpha value is -1.37. The molecule has 1 atom stereocenters. The number of benzene rings is 1. The summed E-state index contributed by atoms with van der Waals surface area (Å²) in [5.41, 5.74) is 1.10. The first-order chi connectivity index (χ1) is 8.72. The first kappa shape index (κ1) is 13.1. The zero-order valence-electron chi connectivity index (χ0n) is 11.2. The number of hydrogen-bond acceptors (Lipinski definition) is 3. The van der Waals surface area contributed by atoms with Crippen LogP contribution in [0.2, 0.25) is 0 Å².